The second-order valence-electron chi connectivity index (χ2n) is 4.12. The van der Waals surface area contributed by atoms with Crippen molar-refractivity contribution < 1.29 is 9.90 Å². The van der Waals surface area contributed by atoms with Gasteiger partial charge in [0.1, 0.15) is 0 Å². The summed E-state index contributed by atoms with van der Waals surface area (Å²) in [6.45, 7) is 2.00. The fourth-order valence-electron chi connectivity index (χ4n) is 1.73. The molecule has 0 spiro atoms. The number of aromatic carboxylic acids is 1. The van der Waals surface area contributed by atoms with E-state index in [1.807, 2.05) is 19.1 Å². The first-order valence-corrected chi connectivity index (χ1v) is 6.81. The number of rotatable bonds is 4. The van der Waals surface area contributed by atoms with E-state index in [2.05, 4.69) is 5.32 Å². The molecule has 0 saturated heterocycles. The number of nitrogen functional groups attached to an aromatic ring is 1. The summed E-state index contributed by atoms with van der Waals surface area (Å²) < 4.78 is 0.740. The molecule has 0 amide bonds. The molecule has 0 fully saturated rings. The van der Waals surface area contributed by atoms with Crippen molar-refractivity contribution in [1.82, 2.24) is 0 Å². The Kier molecular flexibility index (Phi) is 3.97. The molecule has 19 heavy (non-hydrogen) atoms. The van der Waals surface area contributed by atoms with Crippen molar-refractivity contribution in [1.29, 1.82) is 0 Å². The fraction of sp³-hybridized carbons (Fsp3) is 0.154. The van der Waals surface area contributed by atoms with Crippen molar-refractivity contribution in [2.45, 2.75) is 13.0 Å². The highest BCUT2D eigenvalue weighted by Gasteiger charge is 2.11. The zero-order valence-electron chi connectivity index (χ0n) is 10.2. The van der Waals surface area contributed by atoms with Crippen molar-refractivity contribution in [2.75, 3.05) is 11.1 Å². The molecule has 1 aromatic carbocycles. The van der Waals surface area contributed by atoms with E-state index in [4.69, 9.17) is 22.4 Å². The van der Waals surface area contributed by atoms with E-state index in [0.29, 0.717) is 0 Å². The van der Waals surface area contributed by atoms with Crippen LogP contribution in [0.2, 0.25) is 4.34 Å². The van der Waals surface area contributed by atoms with Crippen LogP contribution < -0.4 is 11.1 Å². The van der Waals surface area contributed by atoms with Gasteiger partial charge in [0.15, 0.2) is 0 Å². The van der Waals surface area contributed by atoms with Crippen LogP contribution in [0.25, 0.3) is 0 Å². The lowest BCUT2D eigenvalue weighted by molar-refractivity contribution is 0.0698. The van der Waals surface area contributed by atoms with Crippen LogP contribution in [0.15, 0.2) is 30.3 Å². The number of benzene rings is 1. The molecule has 0 aliphatic heterocycles. The van der Waals surface area contributed by atoms with Crippen molar-refractivity contribution in [3.63, 3.8) is 0 Å². The van der Waals surface area contributed by atoms with E-state index in [1.165, 1.54) is 17.4 Å². The average Bonchev–Trinajstić information content (AvgIpc) is 2.75. The molecule has 1 heterocycles. The van der Waals surface area contributed by atoms with E-state index in [-0.39, 0.29) is 17.3 Å². The number of carboxylic acids is 1. The molecule has 2 rings (SSSR count). The predicted molar refractivity (Wildman–Crippen MR) is 79.2 cm³/mol. The lowest BCUT2D eigenvalue weighted by atomic mass is 10.1. The Morgan fingerprint density at radius 2 is 2.16 bits per heavy atom. The minimum absolute atomic E-state index is 0.0765. The molecule has 4 nitrogen and oxygen atoms in total. The number of thiophene rings is 1. The minimum Gasteiger partial charge on any atom is -0.478 e. The van der Waals surface area contributed by atoms with Crippen LogP contribution in [0.1, 0.15) is 28.2 Å². The molecule has 4 N–H and O–H groups in total. The Labute approximate surface area is 119 Å². The monoisotopic (exact) mass is 296 g/mol. The number of anilines is 2. The van der Waals surface area contributed by atoms with Crippen LogP contribution in [-0.4, -0.2) is 11.1 Å². The van der Waals surface area contributed by atoms with Gasteiger partial charge in [-0.3, -0.25) is 0 Å². The Morgan fingerprint density at radius 3 is 2.68 bits per heavy atom. The first kappa shape index (κ1) is 13.7. The standard InChI is InChI=1S/C13H13ClN2O2S/c1-7(11-4-5-12(14)19-11)16-8-2-3-9(13(17)18)10(15)6-8/h2-7,16H,15H2,1H3,(H,17,18). The van der Waals surface area contributed by atoms with Gasteiger partial charge in [0.25, 0.3) is 0 Å². The highest BCUT2D eigenvalue weighted by atomic mass is 35.5. The molecule has 100 valence electrons. The minimum atomic E-state index is -1.03. The predicted octanol–water partition coefficient (Wildman–Crippen LogP) is 3.86. The van der Waals surface area contributed by atoms with Gasteiger partial charge in [-0.25, -0.2) is 4.79 Å². The smallest absolute Gasteiger partial charge is 0.337 e. The third kappa shape index (κ3) is 3.19. The van der Waals surface area contributed by atoms with Gasteiger partial charge >= 0.3 is 5.97 Å². The van der Waals surface area contributed by atoms with Gasteiger partial charge in [-0.2, -0.15) is 0 Å². The van der Waals surface area contributed by atoms with E-state index in [9.17, 15) is 4.79 Å². The first-order chi connectivity index (χ1) is 8.97. The molecular formula is C13H13ClN2O2S. The maximum absolute atomic E-state index is 10.9. The SMILES string of the molecule is CC(Nc1ccc(C(=O)O)c(N)c1)c1ccc(Cl)s1. The number of nitrogens with one attached hydrogen (secondary N) is 1. The summed E-state index contributed by atoms with van der Waals surface area (Å²) in [5.41, 5.74) is 6.83. The molecule has 1 atom stereocenters. The van der Waals surface area contributed by atoms with Crippen molar-refractivity contribution >= 4 is 40.3 Å². The van der Waals surface area contributed by atoms with Gasteiger partial charge < -0.3 is 16.2 Å². The van der Waals surface area contributed by atoms with Crippen LogP contribution in [0, 0.1) is 0 Å². The molecule has 0 bridgehead atoms. The highest BCUT2D eigenvalue weighted by Crippen LogP contribution is 2.29. The zero-order valence-corrected chi connectivity index (χ0v) is 11.8. The van der Waals surface area contributed by atoms with Crippen LogP contribution in [0.5, 0.6) is 0 Å². The quantitative estimate of drug-likeness (QED) is 0.749. The van der Waals surface area contributed by atoms with Gasteiger partial charge in [0.05, 0.1) is 15.9 Å². The number of hydrogen-bond donors (Lipinski definition) is 3. The Morgan fingerprint density at radius 1 is 1.42 bits per heavy atom. The summed E-state index contributed by atoms with van der Waals surface area (Å²) in [4.78, 5) is 12.0. The third-order valence-electron chi connectivity index (χ3n) is 2.69. The maximum atomic E-state index is 10.9. The van der Waals surface area contributed by atoms with Gasteiger partial charge in [-0.1, -0.05) is 11.6 Å². The molecule has 0 aliphatic rings. The Balaban J connectivity index is 2.15. The number of halogens is 1. The molecular weight excluding hydrogens is 284 g/mol. The van der Waals surface area contributed by atoms with Crippen LogP contribution in [0.3, 0.4) is 0 Å². The summed E-state index contributed by atoms with van der Waals surface area (Å²) in [6, 6.07) is 8.70. The lowest BCUT2D eigenvalue weighted by Gasteiger charge is -2.14. The molecule has 6 heteroatoms. The molecule has 0 aliphatic carbocycles. The van der Waals surface area contributed by atoms with Gasteiger partial charge in [-0.05, 0) is 37.3 Å². The topological polar surface area (TPSA) is 75.3 Å². The van der Waals surface area contributed by atoms with E-state index in [1.54, 1.807) is 12.1 Å². The molecule has 2 aromatic rings. The summed E-state index contributed by atoms with van der Waals surface area (Å²) in [5.74, 6) is -1.03. The summed E-state index contributed by atoms with van der Waals surface area (Å²) in [5, 5.41) is 12.2. The lowest BCUT2D eigenvalue weighted by Crippen LogP contribution is -2.07. The number of carbonyl (C=O) groups is 1. The fourth-order valence-corrected chi connectivity index (χ4v) is 2.79. The Bertz CT molecular complexity index is 612. The van der Waals surface area contributed by atoms with Crippen molar-refractivity contribution in [2.24, 2.45) is 0 Å². The first-order valence-electron chi connectivity index (χ1n) is 5.62. The molecule has 1 aromatic heterocycles. The van der Waals surface area contributed by atoms with E-state index >= 15 is 0 Å². The molecule has 0 saturated carbocycles. The summed E-state index contributed by atoms with van der Waals surface area (Å²) in [6.07, 6.45) is 0. The molecule has 1 unspecified atom stereocenters. The van der Waals surface area contributed by atoms with Crippen LogP contribution in [-0.2, 0) is 0 Å². The largest absolute Gasteiger partial charge is 0.478 e. The second-order valence-corrected chi connectivity index (χ2v) is 5.86. The van der Waals surface area contributed by atoms with Gasteiger partial charge in [0, 0.05) is 16.3 Å². The maximum Gasteiger partial charge on any atom is 0.337 e. The van der Waals surface area contributed by atoms with E-state index in [0.717, 1.165) is 14.9 Å². The highest BCUT2D eigenvalue weighted by molar-refractivity contribution is 7.16. The average molecular weight is 297 g/mol. The summed E-state index contributed by atoms with van der Waals surface area (Å²) >= 11 is 7.40. The molecule has 0 radical (unpaired) electrons. The second kappa shape index (κ2) is 5.50. The van der Waals surface area contributed by atoms with Crippen molar-refractivity contribution in [3.8, 4) is 0 Å². The van der Waals surface area contributed by atoms with Crippen molar-refractivity contribution in [3.05, 3.63) is 45.1 Å². The van der Waals surface area contributed by atoms with E-state index < -0.39 is 5.97 Å². The number of hydrogen-bond acceptors (Lipinski definition) is 4. The zero-order chi connectivity index (χ0) is 14.0. The Hall–Kier alpha value is -1.72. The van der Waals surface area contributed by atoms with Crippen LogP contribution in [0.4, 0.5) is 11.4 Å². The third-order valence-corrected chi connectivity index (χ3v) is 4.10. The van der Waals surface area contributed by atoms with Gasteiger partial charge in [-0.15, -0.1) is 11.3 Å². The summed E-state index contributed by atoms with van der Waals surface area (Å²) in [7, 11) is 0. The van der Waals surface area contributed by atoms with Crippen LogP contribution >= 0.6 is 22.9 Å². The number of nitrogens with two attached hydrogens (primary N) is 1. The number of carboxylic acid groups (broad SMARTS) is 1. The normalized spacial score (nSPS) is 12.1. The van der Waals surface area contributed by atoms with Gasteiger partial charge in [0.2, 0.25) is 0 Å².